The predicted octanol–water partition coefficient (Wildman–Crippen LogP) is 2.63. The van der Waals surface area contributed by atoms with E-state index >= 15 is 0 Å². The first-order chi connectivity index (χ1) is 8.61. The maximum atomic E-state index is 6.25. The zero-order valence-corrected chi connectivity index (χ0v) is 10.7. The Morgan fingerprint density at radius 3 is 2.17 bits per heavy atom. The minimum Gasteiger partial charge on any atom is -0.496 e. The van der Waals surface area contributed by atoms with Gasteiger partial charge in [-0.05, 0) is 41.8 Å². The summed E-state index contributed by atoms with van der Waals surface area (Å²) >= 11 is 0. The fourth-order valence-corrected chi connectivity index (χ4v) is 1.99. The molecule has 0 bridgehead atoms. The Kier molecular flexibility index (Phi) is 3.53. The van der Waals surface area contributed by atoms with Gasteiger partial charge >= 0.3 is 0 Å². The number of rotatable bonds is 3. The molecule has 3 nitrogen and oxygen atoms in total. The van der Waals surface area contributed by atoms with Crippen molar-refractivity contribution in [1.82, 2.24) is 0 Å². The van der Waals surface area contributed by atoms with Crippen LogP contribution in [-0.2, 0) is 0 Å². The van der Waals surface area contributed by atoms with Crippen molar-refractivity contribution in [3.63, 3.8) is 0 Å². The third-order valence-corrected chi connectivity index (χ3v) is 3.07. The first kappa shape index (κ1) is 12.5. The minimum atomic E-state index is -0.143. The van der Waals surface area contributed by atoms with Crippen LogP contribution in [0.2, 0.25) is 0 Å². The zero-order valence-electron chi connectivity index (χ0n) is 10.7. The number of methoxy groups -OCH3 is 1. The summed E-state index contributed by atoms with van der Waals surface area (Å²) in [6.07, 6.45) is 0. The highest BCUT2D eigenvalue weighted by atomic mass is 16.5. The molecule has 0 radical (unpaired) electrons. The Labute approximate surface area is 107 Å². The molecule has 1 atom stereocenters. The molecule has 18 heavy (non-hydrogen) atoms. The monoisotopic (exact) mass is 242 g/mol. The first-order valence-corrected chi connectivity index (χ1v) is 5.87. The lowest BCUT2D eigenvalue weighted by atomic mass is 9.98. The standard InChI is InChI=1S/C15H18N2O/c1-10-9-12(5-8-14(10)18-2)15(17)11-3-6-13(16)7-4-11/h3-9,15H,16-17H2,1-2H3. The van der Waals surface area contributed by atoms with Crippen LogP contribution in [0.1, 0.15) is 22.7 Å². The van der Waals surface area contributed by atoms with Gasteiger partial charge in [-0.3, -0.25) is 0 Å². The maximum absolute atomic E-state index is 6.25. The number of nitrogen functional groups attached to an aromatic ring is 1. The molecule has 0 aliphatic rings. The van der Waals surface area contributed by atoms with Crippen molar-refractivity contribution >= 4 is 5.69 Å². The highest BCUT2D eigenvalue weighted by molar-refractivity contribution is 5.44. The number of aryl methyl sites for hydroxylation is 1. The normalized spacial score (nSPS) is 12.2. The average molecular weight is 242 g/mol. The van der Waals surface area contributed by atoms with Gasteiger partial charge in [-0.25, -0.2) is 0 Å². The quantitative estimate of drug-likeness (QED) is 0.813. The topological polar surface area (TPSA) is 61.3 Å². The molecular weight excluding hydrogens is 224 g/mol. The molecule has 0 amide bonds. The second-order valence-corrected chi connectivity index (χ2v) is 4.37. The number of hydrogen-bond donors (Lipinski definition) is 2. The van der Waals surface area contributed by atoms with E-state index in [0.717, 1.165) is 28.1 Å². The van der Waals surface area contributed by atoms with Crippen molar-refractivity contribution in [2.75, 3.05) is 12.8 Å². The molecule has 1 unspecified atom stereocenters. The number of ether oxygens (including phenoxy) is 1. The van der Waals surface area contributed by atoms with Crippen LogP contribution in [0.5, 0.6) is 5.75 Å². The van der Waals surface area contributed by atoms with Crippen LogP contribution in [0.4, 0.5) is 5.69 Å². The van der Waals surface area contributed by atoms with E-state index in [2.05, 4.69) is 6.07 Å². The van der Waals surface area contributed by atoms with Crippen molar-refractivity contribution in [2.45, 2.75) is 13.0 Å². The third kappa shape index (κ3) is 2.46. The van der Waals surface area contributed by atoms with Crippen LogP contribution in [0.3, 0.4) is 0 Å². The van der Waals surface area contributed by atoms with Gasteiger partial charge in [-0.15, -0.1) is 0 Å². The predicted molar refractivity (Wildman–Crippen MR) is 74.6 cm³/mol. The van der Waals surface area contributed by atoms with E-state index in [1.54, 1.807) is 7.11 Å². The zero-order chi connectivity index (χ0) is 13.1. The third-order valence-electron chi connectivity index (χ3n) is 3.07. The summed E-state index contributed by atoms with van der Waals surface area (Å²) in [6, 6.07) is 13.5. The van der Waals surface area contributed by atoms with Gasteiger partial charge in [0.2, 0.25) is 0 Å². The Morgan fingerprint density at radius 2 is 1.61 bits per heavy atom. The molecule has 0 spiro atoms. The largest absolute Gasteiger partial charge is 0.496 e. The lowest BCUT2D eigenvalue weighted by molar-refractivity contribution is 0.411. The Balaban J connectivity index is 2.31. The van der Waals surface area contributed by atoms with Gasteiger partial charge < -0.3 is 16.2 Å². The molecule has 0 aliphatic heterocycles. The summed E-state index contributed by atoms with van der Waals surface area (Å²) in [5.41, 5.74) is 15.9. The molecular formula is C15H18N2O. The van der Waals surface area contributed by atoms with Crippen LogP contribution >= 0.6 is 0 Å². The van der Waals surface area contributed by atoms with Crippen LogP contribution in [-0.4, -0.2) is 7.11 Å². The molecule has 94 valence electrons. The fourth-order valence-electron chi connectivity index (χ4n) is 1.99. The summed E-state index contributed by atoms with van der Waals surface area (Å²) in [7, 11) is 1.67. The van der Waals surface area contributed by atoms with E-state index in [4.69, 9.17) is 16.2 Å². The van der Waals surface area contributed by atoms with Crippen molar-refractivity contribution in [3.05, 3.63) is 59.2 Å². The van der Waals surface area contributed by atoms with Crippen molar-refractivity contribution < 1.29 is 4.74 Å². The summed E-state index contributed by atoms with van der Waals surface area (Å²) in [4.78, 5) is 0. The lowest BCUT2D eigenvalue weighted by Crippen LogP contribution is -2.12. The van der Waals surface area contributed by atoms with E-state index in [1.807, 2.05) is 43.3 Å². The molecule has 2 rings (SSSR count). The molecule has 0 saturated heterocycles. The van der Waals surface area contributed by atoms with E-state index < -0.39 is 0 Å². The second kappa shape index (κ2) is 5.10. The van der Waals surface area contributed by atoms with Crippen LogP contribution < -0.4 is 16.2 Å². The van der Waals surface area contributed by atoms with Crippen molar-refractivity contribution in [1.29, 1.82) is 0 Å². The van der Waals surface area contributed by atoms with Gasteiger partial charge in [-0.1, -0.05) is 24.3 Å². The lowest BCUT2D eigenvalue weighted by Gasteiger charge is -2.15. The van der Waals surface area contributed by atoms with E-state index in [-0.39, 0.29) is 6.04 Å². The molecule has 0 saturated carbocycles. The molecule has 0 heterocycles. The molecule has 0 fully saturated rings. The highest BCUT2D eigenvalue weighted by Gasteiger charge is 2.10. The van der Waals surface area contributed by atoms with E-state index in [0.29, 0.717) is 0 Å². The number of anilines is 1. The first-order valence-electron chi connectivity index (χ1n) is 5.87. The fraction of sp³-hybridized carbons (Fsp3) is 0.200. The Morgan fingerprint density at radius 1 is 1.00 bits per heavy atom. The molecule has 3 heteroatoms. The van der Waals surface area contributed by atoms with E-state index in [1.165, 1.54) is 0 Å². The van der Waals surface area contributed by atoms with Gasteiger partial charge in [0.25, 0.3) is 0 Å². The average Bonchev–Trinajstić information content (AvgIpc) is 2.38. The SMILES string of the molecule is COc1ccc(C(N)c2ccc(N)cc2)cc1C. The van der Waals surface area contributed by atoms with E-state index in [9.17, 15) is 0 Å². The number of hydrogen-bond acceptors (Lipinski definition) is 3. The number of benzene rings is 2. The van der Waals surface area contributed by atoms with Crippen LogP contribution in [0, 0.1) is 6.92 Å². The maximum Gasteiger partial charge on any atom is 0.121 e. The van der Waals surface area contributed by atoms with Crippen LogP contribution in [0.15, 0.2) is 42.5 Å². The summed E-state index contributed by atoms with van der Waals surface area (Å²) in [5.74, 6) is 0.878. The smallest absolute Gasteiger partial charge is 0.121 e. The molecule has 2 aromatic rings. The molecule has 0 aliphatic carbocycles. The van der Waals surface area contributed by atoms with Gasteiger partial charge in [0, 0.05) is 5.69 Å². The van der Waals surface area contributed by atoms with Crippen molar-refractivity contribution in [3.8, 4) is 5.75 Å². The molecule has 0 aromatic heterocycles. The summed E-state index contributed by atoms with van der Waals surface area (Å²) < 4.78 is 5.24. The molecule has 2 aromatic carbocycles. The number of nitrogens with two attached hydrogens (primary N) is 2. The second-order valence-electron chi connectivity index (χ2n) is 4.37. The van der Waals surface area contributed by atoms with Crippen LogP contribution in [0.25, 0.3) is 0 Å². The Hall–Kier alpha value is -2.00. The summed E-state index contributed by atoms with van der Waals surface area (Å²) in [6.45, 7) is 2.01. The van der Waals surface area contributed by atoms with Gasteiger partial charge in [0.15, 0.2) is 0 Å². The minimum absolute atomic E-state index is 0.143. The van der Waals surface area contributed by atoms with Gasteiger partial charge in [0.05, 0.1) is 13.2 Å². The highest BCUT2D eigenvalue weighted by Crippen LogP contribution is 2.25. The van der Waals surface area contributed by atoms with Gasteiger partial charge in [0.1, 0.15) is 5.75 Å². The van der Waals surface area contributed by atoms with Gasteiger partial charge in [-0.2, -0.15) is 0 Å². The molecule has 4 N–H and O–H groups in total. The summed E-state index contributed by atoms with van der Waals surface area (Å²) in [5, 5.41) is 0. The van der Waals surface area contributed by atoms with Crippen molar-refractivity contribution in [2.24, 2.45) is 5.73 Å². The Bertz CT molecular complexity index is 535.